The Morgan fingerprint density at radius 1 is 1.27 bits per heavy atom. The van der Waals surface area contributed by atoms with Crippen LogP contribution in [0.15, 0.2) is 0 Å². The van der Waals surface area contributed by atoms with Crippen molar-refractivity contribution < 1.29 is 4.79 Å². The van der Waals surface area contributed by atoms with Crippen molar-refractivity contribution >= 4 is 5.91 Å². The first-order valence-corrected chi connectivity index (χ1v) is 6.11. The van der Waals surface area contributed by atoms with E-state index in [1.807, 2.05) is 4.90 Å². The predicted molar refractivity (Wildman–Crippen MR) is 58.2 cm³/mol. The van der Waals surface area contributed by atoms with E-state index in [1.165, 1.54) is 0 Å². The summed E-state index contributed by atoms with van der Waals surface area (Å²) in [6.07, 6.45) is 5.13. The molecule has 84 valence electrons. The largest absolute Gasteiger partial charge is 0.342 e. The fraction of sp³-hybridized carbons (Fsp3) is 0.917. The van der Waals surface area contributed by atoms with Gasteiger partial charge < -0.3 is 10.6 Å². The summed E-state index contributed by atoms with van der Waals surface area (Å²) in [5.41, 5.74) is 6.20. The van der Waals surface area contributed by atoms with Crippen molar-refractivity contribution in [2.45, 2.75) is 44.6 Å². The quantitative estimate of drug-likeness (QED) is 0.702. The Balaban J connectivity index is 1.75. The molecule has 0 aromatic heterocycles. The first kappa shape index (κ1) is 9.64. The van der Waals surface area contributed by atoms with Crippen molar-refractivity contribution in [1.29, 1.82) is 0 Å². The van der Waals surface area contributed by atoms with E-state index in [2.05, 4.69) is 6.92 Å². The van der Waals surface area contributed by atoms with Gasteiger partial charge in [0.2, 0.25) is 5.91 Å². The highest BCUT2D eigenvalue weighted by Gasteiger charge is 2.57. The molecule has 0 atom stereocenters. The number of nitrogens with two attached hydrogens (primary N) is 1. The summed E-state index contributed by atoms with van der Waals surface area (Å²) in [7, 11) is 0. The average molecular weight is 208 g/mol. The van der Waals surface area contributed by atoms with Crippen LogP contribution in [0.25, 0.3) is 0 Å². The minimum absolute atomic E-state index is 0.00609. The minimum atomic E-state index is -0.0467. The second-order valence-corrected chi connectivity index (χ2v) is 6.13. The highest BCUT2D eigenvalue weighted by Crippen LogP contribution is 2.56. The van der Waals surface area contributed by atoms with E-state index in [4.69, 9.17) is 5.73 Å². The van der Waals surface area contributed by atoms with E-state index in [1.54, 1.807) is 0 Å². The van der Waals surface area contributed by atoms with Gasteiger partial charge in [0.15, 0.2) is 0 Å². The molecule has 0 unspecified atom stereocenters. The Labute approximate surface area is 91.0 Å². The van der Waals surface area contributed by atoms with Crippen LogP contribution >= 0.6 is 0 Å². The lowest BCUT2D eigenvalue weighted by molar-refractivity contribution is -0.148. The maximum atomic E-state index is 12.4. The second kappa shape index (κ2) is 2.76. The maximum Gasteiger partial charge on any atom is 0.228 e. The van der Waals surface area contributed by atoms with Crippen LogP contribution in [0.4, 0.5) is 0 Å². The molecule has 1 heterocycles. The number of carbonyl (C=O) groups excluding carboxylic acids is 1. The first-order valence-electron chi connectivity index (χ1n) is 6.11. The highest BCUT2D eigenvalue weighted by molar-refractivity contribution is 5.84. The number of nitrogens with zero attached hydrogens (tertiary/aromatic N) is 1. The summed E-state index contributed by atoms with van der Waals surface area (Å²) in [6.45, 7) is 4.15. The third-order valence-electron chi connectivity index (χ3n) is 4.70. The van der Waals surface area contributed by atoms with E-state index < -0.39 is 0 Å². The molecule has 1 aliphatic heterocycles. The van der Waals surface area contributed by atoms with Crippen LogP contribution in [0, 0.1) is 11.3 Å². The number of likely N-dealkylation sites (tertiary alicyclic amines) is 1. The lowest BCUT2D eigenvalue weighted by Crippen LogP contribution is -2.53. The maximum absolute atomic E-state index is 12.4. The number of amides is 1. The number of hydrogen-bond donors (Lipinski definition) is 1. The van der Waals surface area contributed by atoms with E-state index in [0.717, 1.165) is 45.2 Å². The van der Waals surface area contributed by atoms with Crippen molar-refractivity contribution in [2.75, 3.05) is 13.1 Å². The molecule has 0 radical (unpaired) electrons. The Hall–Kier alpha value is -0.570. The zero-order chi connectivity index (χ0) is 10.7. The van der Waals surface area contributed by atoms with Gasteiger partial charge in [0, 0.05) is 18.6 Å². The van der Waals surface area contributed by atoms with Crippen molar-refractivity contribution in [3.63, 3.8) is 0 Å². The van der Waals surface area contributed by atoms with Gasteiger partial charge in [0.1, 0.15) is 0 Å². The van der Waals surface area contributed by atoms with E-state index in [-0.39, 0.29) is 11.0 Å². The minimum Gasteiger partial charge on any atom is -0.342 e. The molecule has 0 aromatic carbocycles. The highest BCUT2D eigenvalue weighted by atomic mass is 16.2. The van der Waals surface area contributed by atoms with Crippen LogP contribution in [0.3, 0.4) is 0 Å². The Bertz CT molecular complexity index is 299. The van der Waals surface area contributed by atoms with Crippen LogP contribution < -0.4 is 5.73 Å². The van der Waals surface area contributed by atoms with Crippen LogP contribution in [0.5, 0.6) is 0 Å². The normalized spacial score (nSPS) is 44.5. The van der Waals surface area contributed by atoms with Crippen molar-refractivity contribution in [1.82, 2.24) is 4.90 Å². The smallest absolute Gasteiger partial charge is 0.228 e. The molecule has 3 heteroatoms. The molecule has 2 N–H and O–H groups in total. The molecule has 0 spiro atoms. The Morgan fingerprint density at radius 2 is 1.87 bits per heavy atom. The standard InChI is InChI=1S/C12H20N2O/c1-9-6-14(7-9)10(15)11-2-4-12(13,8-11)5-3-11/h9H,2-8,13H2,1H3. The molecule has 3 rings (SSSR count). The zero-order valence-electron chi connectivity index (χ0n) is 9.46. The fourth-order valence-corrected chi connectivity index (χ4v) is 3.74. The number of hydrogen-bond acceptors (Lipinski definition) is 2. The topological polar surface area (TPSA) is 46.3 Å². The molecule has 0 aromatic rings. The summed E-state index contributed by atoms with van der Waals surface area (Å²) in [5, 5.41) is 0. The van der Waals surface area contributed by atoms with Crippen LogP contribution in [0.2, 0.25) is 0 Å². The van der Waals surface area contributed by atoms with Gasteiger partial charge in [-0.3, -0.25) is 4.79 Å². The number of carbonyl (C=O) groups is 1. The summed E-state index contributed by atoms with van der Waals surface area (Å²) < 4.78 is 0. The zero-order valence-corrected chi connectivity index (χ0v) is 9.46. The van der Waals surface area contributed by atoms with Crippen LogP contribution in [0.1, 0.15) is 39.0 Å². The Morgan fingerprint density at radius 3 is 2.27 bits per heavy atom. The van der Waals surface area contributed by atoms with Gasteiger partial charge in [0.25, 0.3) is 0 Å². The molecule has 2 saturated carbocycles. The van der Waals surface area contributed by atoms with Gasteiger partial charge in [-0.2, -0.15) is 0 Å². The van der Waals surface area contributed by atoms with Gasteiger partial charge in [-0.15, -0.1) is 0 Å². The molecule has 2 aliphatic carbocycles. The SMILES string of the molecule is CC1CN(C(=O)C23CCC(N)(CC2)C3)C1. The lowest BCUT2D eigenvalue weighted by Gasteiger charge is -2.42. The molecule has 3 aliphatic rings. The molecule has 1 saturated heterocycles. The number of fused-ring (bicyclic) bond motifs is 2. The van der Waals surface area contributed by atoms with Gasteiger partial charge in [-0.05, 0) is 38.0 Å². The summed E-state index contributed by atoms with van der Waals surface area (Å²) in [4.78, 5) is 14.4. The van der Waals surface area contributed by atoms with Gasteiger partial charge in [-0.25, -0.2) is 0 Å². The van der Waals surface area contributed by atoms with E-state index >= 15 is 0 Å². The van der Waals surface area contributed by atoms with Crippen molar-refractivity contribution in [3.05, 3.63) is 0 Å². The molecule has 3 nitrogen and oxygen atoms in total. The lowest BCUT2D eigenvalue weighted by atomic mass is 9.81. The molecular formula is C12H20N2O. The average Bonchev–Trinajstić information content (AvgIpc) is 2.66. The summed E-state index contributed by atoms with van der Waals surface area (Å²) in [6, 6.07) is 0. The first-order chi connectivity index (χ1) is 7.03. The molecule has 3 fully saturated rings. The predicted octanol–water partition coefficient (Wildman–Crippen LogP) is 1.13. The van der Waals surface area contributed by atoms with E-state index in [0.29, 0.717) is 11.8 Å². The molecule has 15 heavy (non-hydrogen) atoms. The Kier molecular flexibility index (Phi) is 1.77. The van der Waals surface area contributed by atoms with Gasteiger partial charge in [0.05, 0.1) is 5.41 Å². The third-order valence-corrected chi connectivity index (χ3v) is 4.70. The van der Waals surface area contributed by atoms with Crippen LogP contribution in [-0.2, 0) is 4.79 Å². The molecule has 2 bridgehead atoms. The summed E-state index contributed by atoms with van der Waals surface area (Å²) in [5.74, 6) is 1.11. The monoisotopic (exact) mass is 208 g/mol. The van der Waals surface area contributed by atoms with Crippen molar-refractivity contribution in [2.24, 2.45) is 17.1 Å². The van der Waals surface area contributed by atoms with Crippen LogP contribution in [-0.4, -0.2) is 29.4 Å². The van der Waals surface area contributed by atoms with Gasteiger partial charge >= 0.3 is 0 Å². The van der Waals surface area contributed by atoms with Crippen molar-refractivity contribution in [3.8, 4) is 0 Å². The second-order valence-electron chi connectivity index (χ2n) is 6.13. The molecule has 1 amide bonds. The fourth-order valence-electron chi connectivity index (χ4n) is 3.74. The van der Waals surface area contributed by atoms with E-state index in [9.17, 15) is 4.79 Å². The number of rotatable bonds is 1. The molecular weight excluding hydrogens is 188 g/mol. The van der Waals surface area contributed by atoms with Gasteiger partial charge in [-0.1, -0.05) is 6.92 Å². The third kappa shape index (κ3) is 1.25. The summed E-state index contributed by atoms with van der Waals surface area (Å²) >= 11 is 0.